The van der Waals surface area contributed by atoms with E-state index in [1.54, 1.807) is 0 Å². The summed E-state index contributed by atoms with van der Waals surface area (Å²) < 4.78 is 4.81. The van der Waals surface area contributed by atoms with Gasteiger partial charge in [-0.25, -0.2) is 9.59 Å². The Hall–Kier alpha value is -1.34. The fraction of sp³-hybridized carbons (Fsp3) is 0.833. The molecule has 3 N–H and O–H groups in total. The second-order valence-corrected chi connectivity index (χ2v) is 4.90. The lowest BCUT2D eigenvalue weighted by Crippen LogP contribution is -2.53. The Labute approximate surface area is 112 Å². The summed E-state index contributed by atoms with van der Waals surface area (Å²) in [5, 5.41) is 21.2. The van der Waals surface area contributed by atoms with Gasteiger partial charge in [0.05, 0.1) is 6.10 Å². The molecule has 0 bridgehead atoms. The fourth-order valence-corrected chi connectivity index (χ4v) is 1.97. The van der Waals surface area contributed by atoms with E-state index >= 15 is 0 Å². The molecule has 1 aliphatic rings. The standard InChI is InChI=1S/C12H22N2O5/c1-8-3-5-14(7-10(8)15)12(18)13-9(11(16)17)4-6-19-2/h8-10,15H,3-7H2,1-2H3,(H,13,18)(H,16,17). The molecule has 1 heterocycles. The van der Waals surface area contributed by atoms with Crippen molar-refractivity contribution in [1.29, 1.82) is 0 Å². The van der Waals surface area contributed by atoms with E-state index in [9.17, 15) is 14.7 Å². The number of piperidine rings is 1. The van der Waals surface area contributed by atoms with Gasteiger partial charge in [0, 0.05) is 33.2 Å². The summed E-state index contributed by atoms with van der Waals surface area (Å²) in [4.78, 5) is 24.4. The van der Waals surface area contributed by atoms with Gasteiger partial charge < -0.3 is 25.2 Å². The maximum Gasteiger partial charge on any atom is 0.326 e. The quantitative estimate of drug-likeness (QED) is 0.649. The van der Waals surface area contributed by atoms with Crippen molar-refractivity contribution in [2.45, 2.75) is 31.9 Å². The van der Waals surface area contributed by atoms with E-state index in [2.05, 4.69) is 5.32 Å². The summed E-state index contributed by atoms with van der Waals surface area (Å²) in [7, 11) is 1.48. The molecule has 1 fully saturated rings. The minimum absolute atomic E-state index is 0.160. The molecule has 1 aliphatic heterocycles. The van der Waals surface area contributed by atoms with Crippen LogP contribution in [-0.4, -0.2) is 66.1 Å². The molecule has 7 nitrogen and oxygen atoms in total. The number of aliphatic hydroxyl groups is 1. The number of nitrogens with one attached hydrogen (secondary N) is 1. The Kier molecular flexibility index (Phi) is 6.04. The number of aliphatic carboxylic acids is 1. The van der Waals surface area contributed by atoms with Crippen LogP contribution in [-0.2, 0) is 9.53 Å². The highest BCUT2D eigenvalue weighted by Gasteiger charge is 2.29. The van der Waals surface area contributed by atoms with Crippen molar-refractivity contribution in [1.82, 2.24) is 10.2 Å². The van der Waals surface area contributed by atoms with Crippen LogP contribution in [0.1, 0.15) is 19.8 Å². The number of β-amino-alcohol motifs (C(OH)–C–C–N with tert-alkyl or cyclic N) is 1. The van der Waals surface area contributed by atoms with Crippen LogP contribution in [0.5, 0.6) is 0 Å². The van der Waals surface area contributed by atoms with Crippen molar-refractivity contribution in [3.63, 3.8) is 0 Å². The number of carboxylic acid groups (broad SMARTS) is 1. The smallest absolute Gasteiger partial charge is 0.326 e. The van der Waals surface area contributed by atoms with Crippen molar-refractivity contribution < 1.29 is 24.5 Å². The molecule has 0 aliphatic carbocycles. The third-order valence-corrected chi connectivity index (χ3v) is 3.41. The molecular weight excluding hydrogens is 252 g/mol. The second-order valence-electron chi connectivity index (χ2n) is 4.90. The van der Waals surface area contributed by atoms with Gasteiger partial charge in [-0.15, -0.1) is 0 Å². The van der Waals surface area contributed by atoms with Gasteiger partial charge in [0.25, 0.3) is 0 Å². The van der Waals surface area contributed by atoms with E-state index in [0.29, 0.717) is 13.0 Å². The molecular formula is C12H22N2O5. The number of carbonyl (C=O) groups is 2. The largest absolute Gasteiger partial charge is 0.480 e. The molecule has 0 spiro atoms. The maximum atomic E-state index is 11.9. The van der Waals surface area contributed by atoms with Crippen LogP contribution in [0.2, 0.25) is 0 Å². The Morgan fingerprint density at radius 3 is 2.74 bits per heavy atom. The van der Waals surface area contributed by atoms with Gasteiger partial charge in [0.2, 0.25) is 0 Å². The first kappa shape index (κ1) is 15.7. The third kappa shape index (κ3) is 4.68. The molecule has 3 unspecified atom stereocenters. The van der Waals surface area contributed by atoms with Crippen LogP contribution in [0.3, 0.4) is 0 Å². The Morgan fingerprint density at radius 2 is 2.21 bits per heavy atom. The number of carboxylic acids is 1. The first-order valence-electron chi connectivity index (χ1n) is 6.41. The summed E-state index contributed by atoms with van der Waals surface area (Å²) in [6.45, 7) is 2.96. The van der Waals surface area contributed by atoms with Crippen molar-refractivity contribution in [3.05, 3.63) is 0 Å². The van der Waals surface area contributed by atoms with Gasteiger partial charge in [-0.05, 0) is 12.3 Å². The van der Waals surface area contributed by atoms with Crippen LogP contribution in [0.4, 0.5) is 4.79 Å². The summed E-state index contributed by atoms with van der Waals surface area (Å²) in [6, 6.07) is -1.42. The number of methoxy groups -OCH3 is 1. The van der Waals surface area contributed by atoms with Gasteiger partial charge in [0.1, 0.15) is 6.04 Å². The molecule has 0 aromatic carbocycles. The zero-order valence-electron chi connectivity index (χ0n) is 11.3. The molecule has 3 atom stereocenters. The third-order valence-electron chi connectivity index (χ3n) is 3.41. The van der Waals surface area contributed by atoms with Gasteiger partial charge in [-0.1, -0.05) is 6.92 Å². The average molecular weight is 274 g/mol. The molecule has 7 heteroatoms. The van der Waals surface area contributed by atoms with E-state index < -0.39 is 24.1 Å². The van der Waals surface area contributed by atoms with E-state index in [1.165, 1.54) is 12.0 Å². The second kappa shape index (κ2) is 7.30. The first-order valence-corrected chi connectivity index (χ1v) is 6.41. The summed E-state index contributed by atoms with van der Waals surface area (Å²) >= 11 is 0. The van der Waals surface area contributed by atoms with E-state index in [0.717, 1.165) is 0 Å². The predicted octanol–water partition coefficient (Wildman–Crippen LogP) is -0.112. The highest BCUT2D eigenvalue weighted by Crippen LogP contribution is 2.16. The molecule has 19 heavy (non-hydrogen) atoms. The molecule has 1 rings (SSSR count). The molecule has 0 saturated carbocycles. The zero-order valence-corrected chi connectivity index (χ0v) is 11.3. The van der Waals surface area contributed by atoms with Crippen molar-refractivity contribution in [2.75, 3.05) is 26.8 Å². The van der Waals surface area contributed by atoms with Gasteiger partial charge in [-0.3, -0.25) is 0 Å². The lowest BCUT2D eigenvalue weighted by molar-refractivity contribution is -0.139. The summed E-state index contributed by atoms with van der Waals surface area (Å²) in [5.41, 5.74) is 0. The number of hydrogen-bond acceptors (Lipinski definition) is 4. The van der Waals surface area contributed by atoms with Crippen molar-refractivity contribution >= 4 is 12.0 Å². The zero-order chi connectivity index (χ0) is 14.4. The topological polar surface area (TPSA) is 99.1 Å². The summed E-state index contributed by atoms with van der Waals surface area (Å²) in [5.74, 6) is -0.927. The molecule has 0 aromatic rings. The number of likely N-dealkylation sites (tertiary alicyclic amines) is 1. The monoisotopic (exact) mass is 274 g/mol. The number of ether oxygens (including phenoxy) is 1. The van der Waals surface area contributed by atoms with Crippen LogP contribution < -0.4 is 5.32 Å². The number of nitrogens with zero attached hydrogens (tertiary/aromatic N) is 1. The Morgan fingerprint density at radius 1 is 1.53 bits per heavy atom. The van der Waals surface area contributed by atoms with Gasteiger partial charge in [-0.2, -0.15) is 0 Å². The lowest BCUT2D eigenvalue weighted by Gasteiger charge is -2.34. The normalized spacial score (nSPS) is 24.9. The van der Waals surface area contributed by atoms with Crippen LogP contribution >= 0.6 is 0 Å². The van der Waals surface area contributed by atoms with Crippen LogP contribution in [0.25, 0.3) is 0 Å². The molecule has 2 amide bonds. The fourth-order valence-electron chi connectivity index (χ4n) is 1.97. The highest BCUT2D eigenvalue weighted by atomic mass is 16.5. The maximum absolute atomic E-state index is 11.9. The minimum Gasteiger partial charge on any atom is -0.480 e. The lowest BCUT2D eigenvalue weighted by atomic mass is 9.96. The molecule has 1 saturated heterocycles. The highest BCUT2D eigenvalue weighted by molar-refractivity contribution is 5.82. The van der Waals surface area contributed by atoms with Crippen molar-refractivity contribution in [2.24, 2.45) is 5.92 Å². The molecule has 110 valence electrons. The van der Waals surface area contributed by atoms with E-state index in [-0.39, 0.29) is 25.5 Å². The number of amides is 2. The molecule has 0 radical (unpaired) electrons. The number of aliphatic hydroxyl groups excluding tert-OH is 1. The number of urea groups is 1. The predicted molar refractivity (Wildman–Crippen MR) is 67.8 cm³/mol. The average Bonchev–Trinajstić information content (AvgIpc) is 2.37. The summed E-state index contributed by atoms with van der Waals surface area (Å²) in [6.07, 6.45) is 0.371. The van der Waals surface area contributed by atoms with Crippen molar-refractivity contribution in [3.8, 4) is 0 Å². The van der Waals surface area contributed by atoms with Gasteiger partial charge >= 0.3 is 12.0 Å². The van der Waals surface area contributed by atoms with E-state index in [1.807, 2.05) is 6.92 Å². The number of rotatable bonds is 5. The van der Waals surface area contributed by atoms with Crippen LogP contribution in [0.15, 0.2) is 0 Å². The Bertz CT molecular complexity index is 323. The van der Waals surface area contributed by atoms with E-state index in [4.69, 9.17) is 9.84 Å². The minimum atomic E-state index is -1.09. The SMILES string of the molecule is COCCC(NC(=O)N1CCC(C)C(O)C1)C(=O)O. The number of hydrogen-bond donors (Lipinski definition) is 3. The first-order chi connectivity index (χ1) is 8.95. The van der Waals surface area contributed by atoms with Crippen LogP contribution in [0, 0.1) is 5.92 Å². The Balaban J connectivity index is 2.50. The number of carbonyl (C=O) groups excluding carboxylic acids is 1. The van der Waals surface area contributed by atoms with Gasteiger partial charge in [0.15, 0.2) is 0 Å². The molecule has 0 aromatic heterocycles.